The Morgan fingerprint density at radius 3 is 2.51 bits per heavy atom. The molecule has 4 N–H and O–H groups in total. The zero-order valence-corrected chi connectivity index (χ0v) is 19.8. The Hall–Kier alpha value is -3.75. The third kappa shape index (κ3) is 5.50. The summed E-state index contributed by atoms with van der Waals surface area (Å²) in [6, 6.07) is 18.3. The van der Waals surface area contributed by atoms with Crippen LogP contribution in [0.25, 0.3) is 11.1 Å². The average Bonchev–Trinajstić information content (AvgIpc) is 3.31. The van der Waals surface area contributed by atoms with E-state index in [1.165, 1.54) is 17.0 Å². The van der Waals surface area contributed by atoms with E-state index in [1.54, 1.807) is 25.3 Å². The first-order valence-corrected chi connectivity index (χ1v) is 11.5. The number of hydrogen-bond donors (Lipinski definition) is 3. The SMILES string of the molecule is CO[C@@H]1C[C@H](C(=O)Nc2ccc(-c3ccccc3CN)cc2F)N(C(=O)Nc2ccc(C)cc2)C1. The second-order valence-electron chi connectivity index (χ2n) is 8.60. The average molecular weight is 477 g/mol. The molecule has 8 heteroatoms. The Morgan fingerprint density at radius 2 is 1.83 bits per heavy atom. The number of anilines is 2. The van der Waals surface area contributed by atoms with Gasteiger partial charge in [-0.3, -0.25) is 4.79 Å². The summed E-state index contributed by atoms with van der Waals surface area (Å²) in [5, 5.41) is 5.46. The van der Waals surface area contributed by atoms with Crippen LogP contribution in [0.3, 0.4) is 0 Å². The molecule has 182 valence electrons. The molecule has 0 bridgehead atoms. The van der Waals surface area contributed by atoms with Crippen molar-refractivity contribution in [3.05, 3.63) is 83.7 Å². The Morgan fingerprint density at radius 1 is 1.09 bits per heavy atom. The van der Waals surface area contributed by atoms with Crippen molar-refractivity contribution in [2.45, 2.75) is 32.0 Å². The Labute approximate surface area is 204 Å². The number of rotatable bonds is 6. The monoisotopic (exact) mass is 476 g/mol. The van der Waals surface area contributed by atoms with Gasteiger partial charge in [-0.25, -0.2) is 9.18 Å². The van der Waals surface area contributed by atoms with Gasteiger partial charge in [0.05, 0.1) is 11.8 Å². The van der Waals surface area contributed by atoms with E-state index in [9.17, 15) is 14.0 Å². The molecule has 4 rings (SSSR count). The Balaban J connectivity index is 1.50. The number of carbonyl (C=O) groups excluding carboxylic acids is 2. The number of hydrogen-bond acceptors (Lipinski definition) is 4. The Bertz CT molecular complexity index is 1220. The van der Waals surface area contributed by atoms with Gasteiger partial charge in [-0.2, -0.15) is 0 Å². The summed E-state index contributed by atoms with van der Waals surface area (Å²) in [7, 11) is 1.54. The number of aryl methyl sites for hydroxylation is 1. The summed E-state index contributed by atoms with van der Waals surface area (Å²) in [5.74, 6) is -1.04. The molecule has 3 amide bonds. The molecule has 1 saturated heterocycles. The fraction of sp³-hybridized carbons (Fsp3) is 0.259. The minimum absolute atomic E-state index is 0.0451. The van der Waals surface area contributed by atoms with Crippen molar-refractivity contribution in [1.29, 1.82) is 0 Å². The Kier molecular flexibility index (Phi) is 7.43. The topological polar surface area (TPSA) is 96.7 Å². The number of carbonyl (C=O) groups is 2. The van der Waals surface area contributed by atoms with Crippen LogP contribution in [0.15, 0.2) is 66.7 Å². The van der Waals surface area contributed by atoms with E-state index < -0.39 is 23.8 Å². The lowest BCUT2D eigenvalue weighted by molar-refractivity contribution is -0.119. The van der Waals surface area contributed by atoms with Gasteiger partial charge in [0.1, 0.15) is 11.9 Å². The van der Waals surface area contributed by atoms with Gasteiger partial charge in [0.15, 0.2) is 0 Å². The lowest BCUT2D eigenvalue weighted by Crippen LogP contribution is -2.45. The fourth-order valence-electron chi connectivity index (χ4n) is 4.25. The van der Waals surface area contributed by atoms with Gasteiger partial charge in [-0.15, -0.1) is 0 Å². The number of urea groups is 1. The molecule has 1 aliphatic rings. The second kappa shape index (κ2) is 10.7. The number of nitrogens with zero attached hydrogens (tertiary/aromatic N) is 1. The molecule has 3 aromatic rings. The molecule has 2 atom stereocenters. The molecular weight excluding hydrogens is 447 g/mol. The van der Waals surface area contributed by atoms with E-state index in [4.69, 9.17) is 10.5 Å². The normalized spacial score (nSPS) is 17.3. The number of ether oxygens (including phenoxy) is 1. The van der Waals surface area contributed by atoms with Crippen molar-refractivity contribution in [2.75, 3.05) is 24.3 Å². The maximum atomic E-state index is 15.0. The van der Waals surface area contributed by atoms with Crippen molar-refractivity contribution >= 4 is 23.3 Å². The van der Waals surface area contributed by atoms with E-state index >= 15 is 0 Å². The number of halogens is 1. The van der Waals surface area contributed by atoms with Crippen LogP contribution in [0.5, 0.6) is 0 Å². The maximum Gasteiger partial charge on any atom is 0.322 e. The van der Waals surface area contributed by atoms with Crippen molar-refractivity contribution < 1.29 is 18.7 Å². The van der Waals surface area contributed by atoms with E-state index in [0.29, 0.717) is 24.2 Å². The molecule has 1 aliphatic heterocycles. The molecule has 1 heterocycles. The fourth-order valence-corrected chi connectivity index (χ4v) is 4.25. The molecule has 7 nitrogen and oxygen atoms in total. The first-order valence-electron chi connectivity index (χ1n) is 11.5. The summed E-state index contributed by atoms with van der Waals surface area (Å²) in [6.45, 7) is 2.54. The van der Waals surface area contributed by atoms with Gasteiger partial charge in [0.25, 0.3) is 0 Å². The number of methoxy groups -OCH3 is 1. The zero-order valence-electron chi connectivity index (χ0n) is 19.8. The first kappa shape index (κ1) is 24.4. The van der Waals surface area contributed by atoms with Crippen LogP contribution in [0.1, 0.15) is 17.5 Å². The summed E-state index contributed by atoms with van der Waals surface area (Å²) in [5.41, 5.74) is 9.95. The van der Waals surface area contributed by atoms with Gasteiger partial charge in [-0.05, 0) is 47.9 Å². The third-order valence-corrected chi connectivity index (χ3v) is 6.24. The van der Waals surface area contributed by atoms with Crippen LogP contribution in [-0.2, 0) is 16.1 Å². The highest BCUT2D eigenvalue weighted by atomic mass is 19.1. The summed E-state index contributed by atoms with van der Waals surface area (Å²) < 4.78 is 20.4. The van der Waals surface area contributed by atoms with Crippen molar-refractivity contribution in [2.24, 2.45) is 5.73 Å². The first-order chi connectivity index (χ1) is 16.9. The largest absolute Gasteiger partial charge is 0.380 e. The highest BCUT2D eigenvalue weighted by Gasteiger charge is 2.40. The number of likely N-dealkylation sites (tertiary alicyclic amines) is 1. The van der Waals surface area contributed by atoms with Crippen molar-refractivity contribution in [3.8, 4) is 11.1 Å². The molecule has 0 aromatic heterocycles. The molecule has 0 radical (unpaired) electrons. The van der Waals surface area contributed by atoms with Crippen LogP contribution < -0.4 is 16.4 Å². The molecule has 0 saturated carbocycles. The third-order valence-electron chi connectivity index (χ3n) is 6.24. The zero-order chi connectivity index (χ0) is 24.9. The summed E-state index contributed by atoms with van der Waals surface area (Å²) >= 11 is 0. The highest BCUT2D eigenvalue weighted by molar-refractivity contribution is 6.00. The van der Waals surface area contributed by atoms with Crippen LogP contribution >= 0.6 is 0 Å². The molecule has 0 unspecified atom stereocenters. The highest BCUT2D eigenvalue weighted by Crippen LogP contribution is 2.28. The molecule has 0 spiro atoms. The van der Waals surface area contributed by atoms with Crippen LogP contribution in [0.2, 0.25) is 0 Å². The molecule has 35 heavy (non-hydrogen) atoms. The summed E-state index contributed by atoms with van der Waals surface area (Å²) in [6.07, 6.45) is 0.0160. The molecule has 0 aliphatic carbocycles. The number of nitrogens with one attached hydrogen (secondary N) is 2. The lowest BCUT2D eigenvalue weighted by atomic mass is 9.99. The minimum atomic E-state index is -0.803. The van der Waals surface area contributed by atoms with Gasteiger partial charge >= 0.3 is 6.03 Å². The lowest BCUT2D eigenvalue weighted by Gasteiger charge is -2.24. The van der Waals surface area contributed by atoms with E-state index in [0.717, 1.165) is 16.7 Å². The van der Waals surface area contributed by atoms with Gasteiger partial charge < -0.3 is 26.0 Å². The summed E-state index contributed by atoms with van der Waals surface area (Å²) in [4.78, 5) is 27.5. The van der Waals surface area contributed by atoms with Crippen molar-refractivity contribution in [3.63, 3.8) is 0 Å². The number of benzene rings is 3. The number of amides is 3. The van der Waals surface area contributed by atoms with Crippen LogP contribution in [-0.4, -0.2) is 42.6 Å². The van der Waals surface area contributed by atoms with Gasteiger partial charge in [-0.1, -0.05) is 48.0 Å². The second-order valence-corrected chi connectivity index (χ2v) is 8.60. The van der Waals surface area contributed by atoms with E-state index in [-0.39, 0.29) is 18.3 Å². The van der Waals surface area contributed by atoms with Gasteiger partial charge in [0.2, 0.25) is 5.91 Å². The molecule has 3 aromatic carbocycles. The van der Waals surface area contributed by atoms with Crippen molar-refractivity contribution in [1.82, 2.24) is 4.90 Å². The predicted molar refractivity (Wildman–Crippen MR) is 134 cm³/mol. The quantitative estimate of drug-likeness (QED) is 0.487. The smallest absolute Gasteiger partial charge is 0.322 e. The van der Waals surface area contributed by atoms with E-state index in [1.807, 2.05) is 43.3 Å². The molecule has 1 fully saturated rings. The molecular formula is C27H29FN4O3. The van der Waals surface area contributed by atoms with E-state index in [2.05, 4.69) is 10.6 Å². The maximum absolute atomic E-state index is 15.0. The number of nitrogens with two attached hydrogens (primary N) is 1. The standard InChI is InChI=1S/C27H29FN4O3/c1-17-7-10-20(11-8-17)30-27(34)32-16-21(35-2)14-25(32)26(33)31-24-12-9-18(13-23(24)28)22-6-4-3-5-19(22)15-29/h3-13,21,25H,14-16,29H2,1-2H3,(H,30,34)(H,31,33)/t21-,25-/m1/s1. The predicted octanol–water partition coefficient (Wildman–Crippen LogP) is 4.52. The minimum Gasteiger partial charge on any atom is -0.380 e. The van der Waals surface area contributed by atoms with Crippen LogP contribution in [0, 0.1) is 12.7 Å². The van der Waals surface area contributed by atoms with Gasteiger partial charge in [0, 0.05) is 32.3 Å². The van der Waals surface area contributed by atoms with Crippen LogP contribution in [0.4, 0.5) is 20.6 Å².